The molecule has 0 heterocycles. The summed E-state index contributed by atoms with van der Waals surface area (Å²) in [7, 11) is -1.56. The molecule has 0 aliphatic heterocycles. The zero-order valence-corrected chi connectivity index (χ0v) is 8.41. The summed E-state index contributed by atoms with van der Waals surface area (Å²) < 4.78 is 24.5. The lowest BCUT2D eigenvalue weighted by atomic mass is 10.5. The normalized spacial score (nSPS) is 12.7. The van der Waals surface area contributed by atoms with E-state index in [0.29, 0.717) is 0 Å². The van der Waals surface area contributed by atoms with Gasteiger partial charge in [-0.3, -0.25) is 9.05 Å². The van der Waals surface area contributed by atoms with Gasteiger partial charge in [0.15, 0.2) is 0 Å². The summed E-state index contributed by atoms with van der Waals surface area (Å²) in [5, 5.41) is 8.50. The summed E-state index contributed by atoms with van der Waals surface area (Å²) in [6, 6.07) is 0. The molecule has 13 heavy (non-hydrogen) atoms. The Morgan fingerprint density at radius 2 is 1.85 bits per heavy atom. The Morgan fingerprint density at radius 3 is 2.08 bits per heavy atom. The highest BCUT2D eigenvalue weighted by Crippen LogP contribution is 2.49. The van der Waals surface area contributed by atoms with Gasteiger partial charge in [-0.1, -0.05) is 0 Å². The van der Waals surface area contributed by atoms with Crippen LogP contribution in [0.1, 0.15) is 6.92 Å². The smallest absolute Gasteiger partial charge is 0.475 e. The fourth-order valence-electron chi connectivity index (χ4n) is 0.485. The third-order valence-electron chi connectivity index (χ3n) is 1.13. The highest BCUT2D eigenvalue weighted by atomic mass is 31.2. The minimum Gasteiger partial charge on any atom is -0.475 e. The van der Waals surface area contributed by atoms with Gasteiger partial charge < -0.3 is 9.63 Å². The van der Waals surface area contributed by atoms with Crippen LogP contribution in [0.15, 0.2) is 11.8 Å². The largest absolute Gasteiger partial charge is 0.529 e. The quantitative estimate of drug-likeness (QED) is 0.419. The van der Waals surface area contributed by atoms with Crippen LogP contribution in [-0.4, -0.2) is 25.3 Å². The number of rotatable bonds is 5. The third-order valence-corrected chi connectivity index (χ3v) is 2.45. The molecule has 0 unspecified atom stereocenters. The van der Waals surface area contributed by atoms with Crippen molar-refractivity contribution < 1.29 is 28.0 Å². The molecule has 0 aromatic carbocycles. The molecule has 0 spiro atoms. The van der Waals surface area contributed by atoms with Crippen molar-refractivity contribution in [1.29, 1.82) is 0 Å². The number of carboxylic acids is 1. The molecule has 0 bridgehead atoms. The van der Waals surface area contributed by atoms with Crippen molar-refractivity contribution >= 4 is 13.8 Å². The van der Waals surface area contributed by atoms with Crippen molar-refractivity contribution in [3.8, 4) is 0 Å². The van der Waals surface area contributed by atoms with Gasteiger partial charge in [0, 0.05) is 14.2 Å². The SMILES string of the molecule is C/C=C(/OP(=O)(OC)OC)C(=O)O. The van der Waals surface area contributed by atoms with E-state index in [1.165, 1.54) is 6.92 Å². The van der Waals surface area contributed by atoms with E-state index in [-0.39, 0.29) is 0 Å². The van der Waals surface area contributed by atoms with Gasteiger partial charge in [-0.2, -0.15) is 0 Å². The van der Waals surface area contributed by atoms with Gasteiger partial charge in [0.05, 0.1) is 0 Å². The lowest BCUT2D eigenvalue weighted by molar-refractivity contribution is -0.135. The Kier molecular flexibility index (Phi) is 4.69. The molecule has 0 rings (SSSR count). The van der Waals surface area contributed by atoms with E-state index in [9.17, 15) is 9.36 Å². The van der Waals surface area contributed by atoms with E-state index in [0.717, 1.165) is 20.3 Å². The average Bonchev–Trinajstić information content (AvgIpc) is 2.13. The predicted octanol–water partition coefficient (Wildman–Crippen LogP) is 1.39. The predicted molar refractivity (Wildman–Crippen MR) is 44.1 cm³/mol. The molecule has 0 aromatic rings. The summed E-state index contributed by atoms with van der Waals surface area (Å²) in [5.41, 5.74) is 0. The molecule has 0 aliphatic carbocycles. The zero-order chi connectivity index (χ0) is 10.5. The first kappa shape index (κ1) is 12.2. The Balaban J connectivity index is 4.58. The minimum absolute atomic E-state index is 0.480. The van der Waals surface area contributed by atoms with Gasteiger partial charge in [0.25, 0.3) is 0 Å². The van der Waals surface area contributed by atoms with Crippen molar-refractivity contribution in [3.63, 3.8) is 0 Å². The van der Waals surface area contributed by atoms with Gasteiger partial charge >= 0.3 is 13.8 Å². The van der Waals surface area contributed by atoms with Crippen molar-refractivity contribution in [3.05, 3.63) is 11.8 Å². The maximum absolute atomic E-state index is 11.3. The van der Waals surface area contributed by atoms with Crippen molar-refractivity contribution in [2.24, 2.45) is 0 Å². The lowest BCUT2D eigenvalue weighted by Gasteiger charge is -2.13. The number of phosphoric ester groups is 1. The highest BCUT2D eigenvalue weighted by Gasteiger charge is 2.28. The summed E-state index contributed by atoms with van der Waals surface area (Å²) in [4.78, 5) is 10.4. The molecular weight excluding hydrogens is 199 g/mol. The van der Waals surface area contributed by atoms with Crippen molar-refractivity contribution in [1.82, 2.24) is 0 Å². The first-order valence-electron chi connectivity index (χ1n) is 3.29. The Morgan fingerprint density at radius 1 is 1.38 bits per heavy atom. The zero-order valence-electron chi connectivity index (χ0n) is 7.51. The fourth-order valence-corrected chi connectivity index (χ4v) is 1.21. The van der Waals surface area contributed by atoms with Crippen LogP contribution >= 0.6 is 7.82 Å². The number of hydrogen-bond donors (Lipinski definition) is 1. The number of aliphatic carboxylic acids is 1. The van der Waals surface area contributed by atoms with E-state index in [1.807, 2.05) is 0 Å². The van der Waals surface area contributed by atoms with E-state index in [4.69, 9.17) is 5.11 Å². The molecule has 0 saturated heterocycles. The molecule has 0 saturated carbocycles. The van der Waals surface area contributed by atoms with Gasteiger partial charge in [-0.05, 0) is 13.0 Å². The van der Waals surface area contributed by atoms with Gasteiger partial charge in [-0.25, -0.2) is 9.36 Å². The van der Waals surface area contributed by atoms with Crippen LogP contribution in [0.5, 0.6) is 0 Å². The molecular formula is C6H11O6P. The van der Waals surface area contributed by atoms with Crippen LogP contribution < -0.4 is 0 Å². The summed E-state index contributed by atoms with van der Waals surface area (Å²) in [5.74, 6) is -1.82. The van der Waals surface area contributed by atoms with E-state index < -0.39 is 19.6 Å². The number of carboxylic acid groups (broad SMARTS) is 1. The van der Waals surface area contributed by atoms with Gasteiger partial charge in [0.2, 0.25) is 5.76 Å². The molecule has 7 heteroatoms. The summed E-state index contributed by atoms with van der Waals surface area (Å²) in [6.45, 7) is 1.43. The monoisotopic (exact) mass is 210 g/mol. The fraction of sp³-hybridized carbons (Fsp3) is 0.500. The van der Waals surface area contributed by atoms with Gasteiger partial charge in [-0.15, -0.1) is 0 Å². The molecule has 1 N–H and O–H groups in total. The molecule has 0 aliphatic rings. The molecule has 0 aromatic heterocycles. The van der Waals surface area contributed by atoms with Crippen LogP contribution in [0.4, 0.5) is 0 Å². The average molecular weight is 210 g/mol. The topological polar surface area (TPSA) is 82.1 Å². The molecule has 76 valence electrons. The maximum atomic E-state index is 11.3. The lowest BCUT2D eigenvalue weighted by Crippen LogP contribution is -2.05. The third kappa shape index (κ3) is 3.59. The molecule has 0 amide bonds. The maximum Gasteiger partial charge on any atom is 0.529 e. The highest BCUT2D eigenvalue weighted by molar-refractivity contribution is 7.48. The van der Waals surface area contributed by atoms with Crippen LogP contribution in [-0.2, 0) is 22.9 Å². The standard InChI is InChI=1S/C6H11O6P/c1-4-5(6(7)8)12-13(9,10-2)11-3/h4H,1-3H3,(H,7,8)/b5-4+. The van der Waals surface area contributed by atoms with Crippen molar-refractivity contribution in [2.75, 3.05) is 14.2 Å². The van der Waals surface area contributed by atoms with Crippen LogP contribution in [0.2, 0.25) is 0 Å². The van der Waals surface area contributed by atoms with Crippen molar-refractivity contribution in [2.45, 2.75) is 6.92 Å². The van der Waals surface area contributed by atoms with E-state index >= 15 is 0 Å². The first-order valence-corrected chi connectivity index (χ1v) is 4.76. The molecule has 0 radical (unpaired) electrons. The first-order chi connectivity index (χ1) is 5.99. The Labute approximate surface area is 75.7 Å². The summed E-state index contributed by atoms with van der Waals surface area (Å²) >= 11 is 0. The summed E-state index contributed by atoms with van der Waals surface area (Å²) in [6.07, 6.45) is 1.15. The number of carbonyl (C=O) groups is 1. The number of phosphoric acid groups is 1. The molecule has 6 nitrogen and oxygen atoms in total. The molecule has 0 fully saturated rings. The van der Waals surface area contributed by atoms with Gasteiger partial charge in [0.1, 0.15) is 0 Å². The van der Waals surface area contributed by atoms with E-state index in [2.05, 4.69) is 13.6 Å². The van der Waals surface area contributed by atoms with E-state index in [1.54, 1.807) is 0 Å². The van der Waals surface area contributed by atoms with Crippen LogP contribution in [0.25, 0.3) is 0 Å². The number of allylic oxidation sites excluding steroid dienone is 1. The van der Waals surface area contributed by atoms with Crippen LogP contribution in [0.3, 0.4) is 0 Å². The second kappa shape index (κ2) is 5.01. The number of hydrogen-bond acceptors (Lipinski definition) is 5. The second-order valence-corrected chi connectivity index (χ2v) is 3.67. The second-order valence-electron chi connectivity index (χ2n) is 1.86. The Bertz CT molecular complexity index is 250. The van der Waals surface area contributed by atoms with Crippen LogP contribution in [0, 0.1) is 0 Å². The Hall–Kier alpha value is -0.840. The molecule has 0 atom stereocenters. The minimum atomic E-state index is -3.76.